The third-order valence-corrected chi connectivity index (χ3v) is 3.42. The summed E-state index contributed by atoms with van der Waals surface area (Å²) in [5.74, 6) is -0.136. The molecule has 1 aromatic rings. The average Bonchev–Trinajstić information content (AvgIpc) is 2.33. The van der Waals surface area contributed by atoms with Crippen LogP contribution in [-0.4, -0.2) is 41.3 Å². The number of carbonyl (C=O) groups excluding carboxylic acids is 1. The fourth-order valence-electron chi connectivity index (χ4n) is 1.49. The molecule has 0 heterocycles. The fourth-order valence-corrected chi connectivity index (χ4v) is 2.35. The van der Waals surface area contributed by atoms with E-state index >= 15 is 0 Å². The van der Waals surface area contributed by atoms with Crippen LogP contribution in [0.15, 0.2) is 17.0 Å². The Balaban J connectivity index is 3.39. The van der Waals surface area contributed by atoms with Gasteiger partial charge < -0.3 is 20.5 Å². The quantitative estimate of drug-likeness (QED) is 0.763. The number of anilines is 1. The Morgan fingerprint density at radius 1 is 1.32 bits per heavy atom. The summed E-state index contributed by atoms with van der Waals surface area (Å²) in [4.78, 5) is 10.8. The summed E-state index contributed by atoms with van der Waals surface area (Å²) >= 11 is 0. The van der Waals surface area contributed by atoms with Crippen LogP contribution in [0.4, 0.5) is 5.69 Å². The van der Waals surface area contributed by atoms with Gasteiger partial charge >= 0.3 is 0 Å². The van der Waals surface area contributed by atoms with Gasteiger partial charge in [-0.25, -0.2) is 8.42 Å². The number of nitrogens with one attached hydrogen (secondary N) is 1. The lowest BCUT2D eigenvalue weighted by Gasteiger charge is -2.15. The molecule has 0 saturated heterocycles. The van der Waals surface area contributed by atoms with E-state index in [-0.39, 0.29) is 17.2 Å². The van der Waals surface area contributed by atoms with Crippen molar-refractivity contribution in [2.24, 2.45) is 5.73 Å². The van der Waals surface area contributed by atoms with Gasteiger partial charge in [0.05, 0.1) is 26.5 Å². The second-order valence-corrected chi connectivity index (χ2v) is 5.78. The van der Waals surface area contributed by atoms with Gasteiger partial charge in [-0.1, -0.05) is 0 Å². The summed E-state index contributed by atoms with van der Waals surface area (Å²) in [6.45, 7) is -0.146. The van der Waals surface area contributed by atoms with Crippen LogP contribution >= 0.6 is 0 Å². The van der Waals surface area contributed by atoms with Gasteiger partial charge in [-0.05, 0) is 0 Å². The number of amides is 1. The fraction of sp³-hybridized carbons (Fsp3) is 0.364. The molecule has 1 amide bonds. The van der Waals surface area contributed by atoms with Crippen molar-refractivity contribution in [3.8, 4) is 11.5 Å². The van der Waals surface area contributed by atoms with Crippen molar-refractivity contribution in [3.63, 3.8) is 0 Å². The van der Waals surface area contributed by atoms with E-state index in [0.717, 1.165) is 6.26 Å². The van der Waals surface area contributed by atoms with E-state index in [2.05, 4.69) is 5.32 Å². The highest BCUT2D eigenvalue weighted by molar-refractivity contribution is 7.90. The third kappa shape index (κ3) is 3.75. The molecule has 0 aliphatic carbocycles. The van der Waals surface area contributed by atoms with Gasteiger partial charge in [-0.2, -0.15) is 0 Å². The molecule has 8 heteroatoms. The predicted molar refractivity (Wildman–Crippen MR) is 70.3 cm³/mol. The van der Waals surface area contributed by atoms with E-state index in [0.29, 0.717) is 11.4 Å². The van der Waals surface area contributed by atoms with Crippen molar-refractivity contribution in [3.05, 3.63) is 12.1 Å². The SMILES string of the molecule is COc1cc(NCC(N)=O)c(OC)c(S(C)(=O)=O)c1. The number of hydrogen-bond donors (Lipinski definition) is 2. The molecule has 3 N–H and O–H groups in total. The first kappa shape index (κ1) is 15.1. The first-order valence-corrected chi connectivity index (χ1v) is 7.17. The minimum absolute atomic E-state index is 0.0266. The van der Waals surface area contributed by atoms with Crippen LogP contribution in [0.25, 0.3) is 0 Å². The highest BCUT2D eigenvalue weighted by Crippen LogP contribution is 2.36. The van der Waals surface area contributed by atoms with Crippen molar-refractivity contribution in [1.29, 1.82) is 0 Å². The van der Waals surface area contributed by atoms with Crippen molar-refractivity contribution in [2.75, 3.05) is 32.3 Å². The molecular formula is C11H16N2O5S. The lowest BCUT2D eigenvalue weighted by Crippen LogP contribution is -2.22. The average molecular weight is 288 g/mol. The number of ether oxygens (including phenoxy) is 2. The van der Waals surface area contributed by atoms with Gasteiger partial charge in [0.1, 0.15) is 10.6 Å². The molecule has 0 aliphatic heterocycles. The molecule has 7 nitrogen and oxygen atoms in total. The van der Waals surface area contributed by atoms with E-state index in [1.165, 1.54) is 26.4 Å². The van der Waals surface area contributed by atoms with Crippen LogP contribution in [0.1, 0.15) is 0 Å². The maximum atomic E-state index is 11.7. The Morgan fingerprint density at radius 3 is 2.37 bits per heavy atom. The largest absolute Gasteiger partial charge is 0.497 e. The van der Waals surface area contributed by atoms with Crippen molar-refractivity contribution >= 4 is 21.4 Å². The molecule has 0 spiro atoms. The lowest BCUT2D eigenvalue weighted by atomic mass is 10.2. The summed E-state index contributed by atoms with van der Waals surface area (Å²) in [6, 6.07) is 2.88. The van der Waals surface area contributed by atoms with Gasteiger partial charge in [0.25, 0.3) is 0 Å². The molecule has 0 unspecified atom stereocenters. The zero-order chi connectivity index (χ0) is 14.6. The summed E-state index contributed by atoms with van der Waals surface area (Å²) in [7, 11) is -0.753. The van der Waals surface area contributed by atoms with Crippen molar-refractivity contribution < 1.29 is 22.7 Å². The van der Waals surface area contributed by atoms with Gasteiger partial charge in [-0.3, -0.25) is 4.79 Å². The summed E-state index contributed by atoms with van der Waals surface area (Å²) < 4.78 is 33.5. The molecular weight excluding hydrogens is 272 g/mol. The van der Waals surface area contributed by atoms with Gasteiger partial charge in [-0.15, -0.1) is 0 Å². The van der Waals surface area contributed by atoms with Crippen LogP contribution in [0.2, 0.25) is 0 Å². The van der Waals surface area contributed by atoms with E-state index < -0.39 is 15.7 Å². The Labute approximate surface area is 111 Å². The number of carbonyl (C=O) groups is 1. The van der Waals surface area contributed by atoms with Crippen molar-refractivity contribution in [1.82, 2.24) is 0 Å². The Hall–Kier alpha value is -1.96. The van der Waals surface area contributed by atoms with E-state index in [1.54, 1.807) is 0 Å². The van der Waals surface area contributed by atoms with Crippen molar-refractivity contribution in [2.45, 2.75) is 4.90 Å². The first-order valence-electron chi connectivity index (χ1n) is 5.28. The normalized spacial score (nSPS) is 10.9. The molecule has 0 atom stereocenters. The molecule has 1 rings (SSSR count). The second-order valence-electron chi connectivity index (χ2n) is 3.80. The summed E-state index contributed by atoms with van der Waals surface area (Å²) in [6.07, 6.45) is 1.06. The molecule has 0 fully saturated rings. The standard InChI is InChI=1S/C11H16N2O5S/c1-17-7-4-8(13-6-10(12)14)11(18-2)9(5-7)19(3,15)16/h4-5,13H,6H2,1-3H3,(H2,12,14). The van der Waals surface area contributed by atoms with Crippen LogP contribution in [0.5, 0.6) is 11.5 Å². The Morgan fingerprint density at radius 2 is 1.95 bits per heavy atom. The lowest BCUT2D eigenvalue weighted by molar-refractivity contribution is -0.116. The van der Waals surface area contributed by atoms with Crippen LogP contribution in [-0.2, 0) is 14.6 Å². The van der Waals surface area contributed by atoms with E-state index in [1.807, 2.05) is 0 Å². The van der Waals surface area contributed by atoms with Gasteiger partial charge in [0.2, 0.25) is 5.91 Å². The summed E-state index contributed by atoms with van der Waals surface area (Å²) in [5.41, 5.74) is 5.35. The smallest absolute Gasteiger partial charge is 0.236 e. The first-order chi connectivity index (χ1) is 8.79. The van der Waals surface area contributed by atoms with E-state index in [9.17, 15) is 13.2 Å². The third-order valence-electron chi connectivity index (χ3n) is 2.32. The zero-order valence-electron chi connectivity index (χ0n) is 10.9. The number of rotatable bonds is 6. The minimum Gasteiger partial charge on any atom is -0.497 e. The molecule has 1 aromatic carbocycles. The number of benzene rings is 1. The van der Waals surface area contributed by atoms with E-state index in [4.69, 9.17) is 15.2 Å². The minimum atomic E-state index is -3.50. The maximum Gasteiger partial charge on any atom is 0.236 e. The highest BCUT2D eigenvalue weighted by Gasteiger charge is 2.20. The number of nitrogens with two attached hydrogens (primary N) is 1. The van der Waals surface area contributed by atoms with Crippen LogP contribution in [0, 0.1) is 0 Å². The Kier molecular flexibility index (Phi) is 4.60. The molecule has 0 radical (unpaired) electrons. The summed E-state index contributed by atoms with van der Waals surface area (Å²) in [5, 5.41) is 2.71. The van der Waals surface area contributed by atoms with Crippen LogP contribution < -0.4 is 20.5 Å². The second kappa shape index (κ2) is 5.79. The topological polar surface area (TPSA) is 108 Å². The molecule has 0 bridgehead atoms. The predicted octanol–water partition coefficient (Wildman–Crippen LogP) is 0.00450. The molecule has 0 saturated carbocycles. The Bertz CT molecular complexity index is 583. The van der Waals surface area contributed by atoms with Gasteiger partial charge in [0, 0.05) is 18.4 Å². The number of hydrogen-bond acceptors (Lipinski definition) is 6. The monoisotopic (exact) mass is 288 g/mol. The van der Waals surface area contributed by atoms with Crippen LogP contribution in [0.3, 0.4) is 0 Å². The zero-order valence-corrected chi connectivity index (χ0v) is 11.7. The van der Waals surface area contributed by atoms with Gasteiger partial charge in [0.15, 0.2) is 15.6 Å². The maximum absolute atomic E-state index is 11.7. The number of sulfone groups is 1. The number of methoxy groups -OCH3 is 2. The molecule has 0 aliphatic rings. The highest BCUT2D eigenvalue weighted by atomic mass is 32.2. The molecule has 19 heavy (non-hydrogen) atoms. The molecule has 106 valence electrons. The number of primary amides is 1. The molecule has 0 aromatic heterocycles.